The zero-order valence-corrected chi connectivity index (χ0v) is 26.3. The summed E-state index contributed by atoms with van der Waals surface area (Å²) in [5.41, 5.74) is 14.4. The van der Waals surface area contributed by atoms with Crippen molar-refractivity contribution >= 4 is 35.8 Å². The predicted octanol–water partition coefficient (Wildman–Crippen LogP) is 9.27. The summed E-state index contributed by atoms with van der Waals surface area (Å²) in [6.45, 7) is 9.69. The largest absolute Gasteiger partial charge is 0.147 e. The van der Waals surface area contributed by atoms with Crippen molar-refractivity contribution in [3.8, 4) is 11.1 Å². The maximum atomic E-state index is 2.69. The number of hydrogen-bond donors (Lipinski definition) is 0. The molecule has 2 aliphatic carbocycles. The molecule has 0 heterocycles. The minimum Gasteiger partial charge on any atom is -0.147 e. The van der Waals surface area contributed by atoms with Gasteiger partial charge in [0.25, 0.3) is 0 Å². The Balaban J connectivity index is 0.00000152. The van der Waals surface area contributed by atoms with E-state index >= 15 is 0 Å². The van der Waals surface area contributed by atoms with E-state index in [2.05, 4.69) is 124 Å². The van der Waals surface area contributed by atoms with E-state index < -0.39 is 25.8 Å². The Labute approximate surface area is 235 Å². The first-order valence-corrected chi connectivity index (χ1v) is 21.3. The Morgan fingerprint density at radius 2 is 1.17 bits per heavy atom. The Morgan fingerprint density at radius 3 is 1.75 bits per heavy atom. The second kappa shape index (κ2) is 11.0. The zero-order chi connectivity index (χ0) is 23.4. The van der Waals surface area contributed by atoms with Gasteiger partial charge in [-0.2, -0.15) is 0 Å². The fourth-order valence-corrected chi connectivity index (χ4v) is 25.4. The van der Waals surface area contributed by atoms with Gasteiger partial charge >= 0.3 is 213 Å². The number of allylic oxidation sites excluding steroid dienone is 1. The maximum Gasteiger partial charge on any atom is -0.147 e. The molecule has 0 spiro atoms. The molecule has 0 N–H and O–H groups in total. The van der Waals surface area contributed by atoms with E-state index in [-0.39, 0.29) is 24.8 Å². The first kappa shape index (κ1) is 27.3. The fraction of sp³-hybridized carbons (Fsp3) is 0.188. The molecule has 0 radical (unpaired) electrons. The number of halogens is 2. The number of benzene rings is 4. The van der Waals surface area contributed by atoms with Gasteiger partial charge in [0.15, 0.2) is 0 Å². The third-order valence-corrected chi connectivity index (χ3v) is 26.7. The van der Waals surface area contributed by atoms with Crippen LogP contribution in [0.25, 0.3) is 16.7 Å². The first-order chi connectivity index (χ1) is 16.5. The monoisotopic (exact) mass is 604 g/mol. The van der Waals surface area contributed by atoms with Crippen molar-refractivity contribution in [2.45, 2.75) is 34.2 Å². The van der Waals surface area contributed by atoms with E-state index in [1.165, 1.54) is 39.0 Å². The van der Waals surface area contributed by atoms with Crippen LogP contribution in [0.4, 0.5) is 0 Å². The summed E-state index contributed by atoms with van der Waals surface area (Å²) >= 11 is -2.07. The summed E-state index contributed by atoms with van der Waals surface area (Å²) in [6.07, 6.45) is 2.69. The summed E-state index contributed by atoms with van der Waals surface area (Å²) in [5, 5.41) is 0. The molecule has 4 aromatic carbocycles. The second-order valence-corrected chi connectivity index (χ2v) is 28.1. The van der Waals surface area contributed by atoms with Crippen LogP contribution in [-0.4, -0.2) is 5.43 Å². The molecular weight excluding hydrogens is 575 g/mol. The van der Waals surface area contributed by atoms with Crippen molar-refractivity contribution in [1.29, 1.82) is 0 Å². The molecule has 0 aliphatic heterocycles. The van der Waals surface area contributed by atoms with Gasteiger partial charge in [0, 0.05) is 0 Å². The van der Waals surface area contributed by atoms with E-state index in [4.69, 9.17) is 0 Å². The molecule has 0 nitrogen and oxygen atoms in total. The van der Waals surface area contributed by atoms with Gasteiger partial charge in [0.05, 0.1) is 0 Å². The second-order valence-electron chi connectivity index (χ2n) is 10.1. The number of rotatable bonds is 3. The summed E-state index contributed by atoms with van der Waals surface area (Å²) in [6, 6.07) is 34.8. The fourth-order valence-electron chi connectivity index (χ4n) is 6.08. The molecule has 2 aliphatic rings. The van der Waals surface area contributed by atoms with Gasteiger partial charge in [-0.1, -0.05) is 0 Å². The van der Waals surface area contributed by atoms with Gasteiger partial charge < -0.3 is 0 Å². The van der Waals surface area contributed by atoms with Gasteiger partial charge in [0.1, 0.15) is 0 Å². The number of hydrogen-bond acceptors (Lipinski definition) is 0. The number of aryl methyl sites for hydroxylation is 2. The van der Waals surface area contributed by atoms with Crippen molar-refractivity contribution in [3.63, 3.8) is 0 Å². The molecule has 4 heteroatoms. The molecule has 1 atom stereocenters. The molecule has 4 aromatic rings. The SMILES string of the molecule is Cc1ccc2c(c1)-c1cc(C)ccc1[CH]2[Zr]([CH]1C=C(c2ccccc2)c2ccccc21)=[Si](C)C.Cl.Cl. The number of fused-ring (bicyclic) bond motifs is 4. The van der Waals surface area contributed by atoms with Gasteiger partial charge in [-0.05, 0) is 0 Å². The van der Waals surface area contributed by atoms with Crippen LogP contribution >= 0.6 is 24.8 Å². The molecule has 182 valence electrons. The molecular formula is C32H32Cl2SiZr. The van der Waals surface area contributed by atoms with Crippen LogP contribution in [0, 0.1) is 13.8 Å². The van der Waals surface area contributed by atoms with E-state index in [9.17, 15) is 0 Å². The summed E-state index contributed by atoms with van der Waals surface area (Å²) in [4.78, 5) is 0. The van der Waals surface area contributed by atoms with Crippen LogP contribution in [-0.2, 0) is 20.4 Å². The van der Waals surface area contributed by atoms with Crippen molar-refractivity contribution in [2.75, 3.05) is 0 Å². The van der Waals surface area contributed by atoms with E-state index in [0.29, 0.717) is 7.25 Å². The molecule has 36 heavy (non-hydrogen) atoms. The summed E-state index contributed by atoms with van der Waals surface area (Å²) < 4.78 is 1.27. The normalized spacial score (nSPS) is 15.1. The Hall–Kier alpha value is -1.70. The van der Waals surface area contributed by atoms with Gasteiger partial charge in [-0.25, -0.2) is 0 Å². The Morgan fingerprint density at radius 1 is 0.611 bits per heavy atom. The van der Waals surface area contributed by atoms with Gasteiger partial charge in [0.2, 0.25) is 0 Å². The maximum absolute atomic E-state index is 2.69. The smallest absolute Gasteiger partial charge is 0.147 e. The predicted molar refractivity (Wildman–Crippen MR) is 158 cm³/mol. The summed E-state index contributed by atoms with van der Waals surface area (Å²) in [7, 11) is 0. The van der Waals surface area contributed by atoms with Gasteiger partial charge in [-0.15, -0.1) is 24.8 Å². The first-order valence-electron chi connectivity index (χ1n) is 12.3. The average Bonchev–Trinajstić information content (AvgIpc) is 3.36. The van der Waals surface area contributed by atoms with E-state index in [1.54, 1.807) is 16.7 Å². The van der Waals surface area contributed by atoms with Gasteiger partial charge in [-0.3, -0.25) is 0 Å². The molecule has 0 fully saturated rings. The minimum absolute atomic E-state index is 0. The van der Waals surface area contributed by atoms with Crippen LogP contribution in [0.15, 0.2) is 97.1 Å². The third kappa shape index (κ3) is 4.56. The van der Waals surface area contributed by atoms with E-state index in [0.717, 1.165) is 0 Å². The molecule has 1 unspecified atom stereocenters. The minimum atomic E-state index is -2.07. The van der Waals surface area contributed by atoms with Crippen molar-refractivity contribution in [1.82, 2.24) is 0 Å². The van der Waals surface area contributed by atoms with Crippen LogP contribution in [0.2, 0.25) is 13.1 Å². The molecule has 0 saturated heterocycles. The van der Waals surface area contributed by atoms with Crippen molar-refractivity contribution in [2.24, 2.45) is 0 Å². The van der Waals surface area contributed by atoms with Crippen LogP contribution in [0.1, 0.15) is 46.2 Å². The van der Waals surface area contributed by atoms with Crippen LogP contribution in [0.5, 0.6) is 0 Å². The van der Waals surface area contributed by atoms with Crippen LogP contribution < -0.4 is 0 Å². The Bertz CT molecular complexity index is 1450. The molecule has 0 amide bonds. The quantitative estimate of drug-likeness (QED) is 0.204. The average molecular weight is 607 g/mol. The van der Waals surface area contributed by atoms with E-state index in [1.807, 2.05) is 0 Å². The Kier molecular flexibility index (Phi) is 8.32. The standard InChI is InChI=1S/C15H13.C15H11.C2H6Si.2ClH.Zr/c1-10-3-5-12-9-13-6-4-11(2)8-15(13)14(12)7-10;1-2-6-12(7-3-1)15-11-10-13-8-4-5-9-14(13)15;1-3-2;;;/h3-9H,1-2H3;1-11H;1-2H3;2*1H;. The molecule has 6 rings (SSSR count). The molecule has 0 aromatic heterocycles. The molecule has 0 bridgehead atoms. The zero-order valence-electron chi connectivity index (χ0n) is 21.2. The molecule has 0 saturated carbocycles. The topological polar surface area (TPSA) is 0 Å². The van der Waals surface area contributed by atoms with Crippen molar-refractivity contribution in [3.05, 3.63) is 136 Å². The van der Waals surface area contributed by atoms with Crippen LogP contribution in [0.3, 0.4) is 0 Å². The third-order valence-electron chi connectivity index (χ3n) is 7.56. The summed E-state index contributed by atoms with van der Waals surface area (Å²) in [5.74, 6) is 0. The van der Waals surface area contributed by atoms with Crippen molar-refractivity contribution < 1.29 is 20.4 Å².